The number of rotatable bonds is 7. The van der Waals surface area contributed by atoms with Crippen molar-refractivity contribution < 1.29 is 9.53 Å². The summed E-state index contributed by atoms with van der Waals surface area (Å²) < 4.78 is 8.13. The summed E-state index contributed by atoms with van der Waals surface area (Å²) >= 11 is 0. The molecule has 0 N–H and O–H groups in total. The number of ether oxygens (including phenoxy) is 1. The van der Waals surface area contributed by atoms with Gasteiger partial charge in [0.1, 0.15) is 11.6 Å². The van der Waals surface area contributed by atoms with Crippen LogP contribution in [0.5, 0.6) is 5.75 Å². The first-order valence-electron chi connectivity index (χ1n) is 10.1. The molecule has 27 heavy (non-hydrogen) atoms. The molecule has 5 nitrogen and oxygen atoms in total. The van der Waals surface area contributed by atoms with Crippen LogP contribution in [0.4, 0.5) is 0 Å². The number of carbonyl (C=O) groups is 1. The van der Waals surface area contributed by atoms with Gasteiger partial charge in [-0.2, -0.15) is 0 Å². The van der Waals surface area contributed by atoms with Crippen LogP contribution in [0, 0.1) is 12.8 Å². The molecule has 0 aliphatic carbocycles. The van der Waals surface area contributed by atoms with E-state index in [0.717, 1.165) is 51.1 Å². The minimum atomic E-state index is -0.449. The summed E-state index contributed by atoms with van der Waals surface area (Å²) in [7, 11) is 0. The second-order valence-corrected chi connectivity index (χ2v) is 7.51. The van der Waals surface area contributed by atoms with E-state index in [1.807, 2.05) is 48.4 Å². The summed E-state index contributed by atoms with van der Waals surface area (Å²) in [5, 5.41) is 0. The van der Waals surface area contributed by atoms with E-state index in [2.05, 4.69) is 23.4 Å². The van der Waals surface area contributed by atoms with E-state index in [9.17, 15) is 4.79 Å². The van der Waals surface area contributed by atoms with Crippen LogP contribution in [0.15, 0.2) is 36.5 Å². The lowest BCUT2D eigenvalue weighted by molar-refractivity contribution is -0.139. The summed E-state index contributed by atoms with van der Waals surface area (Å²) in [6.45, 7) is 8.81. The van der Waals surface area contributed by atoms with Gasteiger partial charge in [-0.3, -0.25) is 4.79 Å². The molecule has 1 aliphatic rings. The molecule has 0 spiro atoms. The molecule has 2 aromatic rings. The first-order valence-corrected chi connectivity index (χ1v) is 10.1. The summed E-state index contributed by atoms with van der Waals surface area (Å²) in [6, 6.07) is 9.55. The number of hydrogen-bond donors (Lipinski definition) is 0. The maximum Gasteiger partial charge on any atom is 0.263 e. The van der Waals surface area contributed by atoms with Gasteiger partial charge in [0.2, 0.25) is 0 Å². The highest BCUT2D eigenvalue weighted by Crippen LogP contribution is 2.23. The minimum Gasteiger partial charge on any atom is -0.481 e. The Morgan fingerprint density at radius 2 is 1.96 bits per heavy atom. The second-order valence-electron chi connectivity index (χ2n) is 7.51. The standard InChI is InChI=1S/C22H31N3O2/c1-4-12-25-17(2)16-23-21(25)15-19-10-13-24(14-11-19)22(26)18(3)27-20-8-6-5-7-9-20/h5-9,16,18-19H,4,10-15H2,1-3H3. The Morgan fingerprint density at radius 1 is 1.26 bits per heavy atom. The Balaban J connectivity index is 1.50. The Bertz CT molecular complexity index is 733. The summed E-state index contributed by atoms with van der Waals surface area (Å²) in [5.74, 6) is 2.61. The third-order valence-electron chi connectivity index (χ3n) is 5.39. The topological polar surface area (TPSA) is 47.4 Å². The molecule has 0 radical (unpaired) electrons. The number of imidazole rings is 1. The van der Waals surface area contributed by atoms with E-state index >= 15 is 0 Å². The monoisotopic (exact) mass is 369 g/mol. The van der Waals surface area contributed by atoms with Crippen LogP contribution in [0.3, 0.4) is 0 Å². The smallest absolute Gasteiger partial charge is 0.263 e. The summed E-state index contributed by atoms with van der Waals surface area (Å²) in [5.41, 5.74) is 1.24. The van der Waals surface area contributed by atoms with Crippen LogP contribution in [0.1, 0.15) is 44.6 Å². The Labute approximate surface area is 162 Å². The number of amides is 1. The van der Waals surface area contributed by atoms with Crippen molar-refractivity contribution in [2.75, 3.05) is 13.1 Å². The number of nitrogens with zero attached hydrogens (tertiary/aromatic N) is 3. The van der Waals surface area contributed by atoms with Crippen molar-refractivity contribution in [3.8, 4) is 5.75 Å². The lowest BCUT2D eigenvalue weighted by atomic mass is 9.93. The van der Waals surface area contributed by atoms with Gasteiger partial charge in [0.25, 0.3) is 5.91 Å². The number of aryl methyl sites for hydroxylation is 1. The van der Waals surface area contributed by atoms with Crippen molar-refractivity contribution in [2.45, 2.75) is 59.1 Å². The van der Waals surface area contributed by atoms with Crippen LogP contribution < -0.4 is 4.74 Å². The Morgan fingerprint density at radius 3 is 2.63 bits per heavy atom. The van der Waals surface area contributed by atoms with Gasteiger partial charge in [0.05, 0.1) is 0 Å². The summed E-state index contributed by atoms with van der Waals surface area (Å²) in [4.78, 5) is 19.3. The Hall–Kier alpha value is -2.30. The molecule has 1 aromatic heterocycles. The second kappa shape index (κ2) is 9.07. The molecule has 1 aromatic carbocycles. The van der Waals surface area contributed by atoms with Gasteiger partial charge in [0, 0.05) is 37.9 Å². The van der Waals surface area contributed by atoms with Crippen molar-refractivity contribution in [3.63, 3.8) is 0 Å². The maximum absolute atomic E-state index is 12.7. The number of benzene rings is 1. The fourth-order valence-electron chi connectivity index (χ4n) is 3.83. The molecule has 0 saturated carbocycles. The lowest BCUT2D eigenvalue weighted by Gasteiger charge is -2.33. The molecule has 1 unspecified atom stereocenters. The lowest BCUT2D eigenvalue weighted by Crippen LogP contribution is -2.45. The average Bonchev–Trinajstić information content (AvgIpc) is 3.03. The van der Waals surface area contributed by atoms with Crippen molar-refractivity contribution in [3.05, 3.63) is 48.0 Å². The molecular weight excluding hydrogens is 338 g/mol. The van der Waals surface area contributed by atoms with Gasteiger partial charge in [0.15, 0.2) is 6.10 Å². The van der Waals surface area contributed by atoms with Crippen LogP contribution in [0.25, 0.3) is 0 Å². The predicted octanol–water partition coefficient (Wildman–Crippen LogP) is 3.85. The number of carbonyl (C=O) groups excluding carboxylic acids is 1. The molecule has 3 rings (SSSR count). The van der Waals surface area contributed by atoms with Gasteiger partial charge >= 0.3 is 0 Å². The SMILES string of the molecule is CCCn1c(C)cnc1CC1CCN(C(=O)C(C)Oc2ccccc2)CC1. The highest BCUT2D eigenvalue weighted by atomic mass is 16.5. The van der Waals surface area contributed by atoms with Crippen molar-refractivity contribution in [1.82, 2.24) is 14.5 Å². The molecule has 5 heteroatoms. The zero-order valence-electron chi connectivity index (χ0n) is 16.7. The van der Waals surface area contributed by atoms with E-state index in [-0.39, 0.29) is 5.91 Å². The number of hydrogen-bond acceptors (Lipinski definition) is 3. The van der Waals surface area contributed by atoms with Gasteiger partial charge in [-0.05, 0) is 51.2 Å². The van der Waals surface area contributed by atoms with Crippen molar-refractivity contribution in [2.24, 2.45) is 5.92 Å². The van der Waals surface area contributed by atoms with Crippen LogP contribution in [0.2, 0.25) is 0 Å². The third-order valence-corrected chi connectivity index (χ3v) is 5.39. The molecule has 1 amide bonds. The predicted molar refractivity (Wildman–Crippen MR) is 107 cm³/mol. The molecule has 0 bridgehead atoms. The van der Waals surface area contributed by atoms with E-state index in [4.69, 9.17) is 4.74 Å². The molecule has 1 aliphatic heterocycles. The van der Waals surface area contributed by atoms with Gasteiger partial charge in [-0.15, -0.1) is 0 Å². The van der Waals surface area contributed by atoms with Crippen LogP contribution in [-0.2, 0) is 17.8 Å². The first-order chi connectivity index (χ1) is 13.1. The maximum atomic E-state index is 12.7. The minimum absolute atomic E-state index is 0.0839. The van der Waals surface area contributed by atoms with E-state index in [1.54, 1.807) is 0 Å². The van der Waals surface area contributed by atoms with Gasteiger partial charge < -0.3 is 14.2 Å². The number of para-hydroxylation sites is 1. The zero-order chi connectivity index (χ0) is 19.2. The summed E-state index contributed by atoms with van der Waals surface area (Å²) in [6.07, 6.45) is 5.72. The highest BCUT2D eigenvalue weighted by Gasteiger charge is 2.27. The molecule has 1 fully saturated rings. The quantitative estimate of drug-likeness (QED) is 0.745. The molecule has 146 valence electrons. The third kappa shape index (κ3) is 4.90. The number of likely N-dealkylation sites (tertiary alicyclic amines) is 1. The fraction of sp³-hybridized carbons (Fsp3) is 0.545. The Kier molecular flexibility index (Phi) is 6.54. The van der Waals surface area contributed by atoms with E-state index in [0.29, 0.717) is 5.92 Å². The fourth-order valence-corrected chi connectivity index (χ4v) is 3.83. The first kappa shape index (κ1) is 19.5. The van der Waals surface area contributed by atoms with Crippen LogP contribution >= 0.6 is 0 Å². The molecule has 1 saturated heterocycles. The number of piperidine rings is 1. The van der Waals surface area contributed by atoms with Gasteiger partial charge in [-0.1, -0.05) is 25.1 Å². The van der Waals surface area contributed by atoms with Crippen LogP contribution in [-0.4, -0.2) is 39.6 Å². The normalized spacial score (nSPS) is 16.3. The molecule has 2 heterocycles. The molecular formula is C22H31N3O2. The largest absolute Gasteiger partial charge is 0.481 e. The van der Waals surface area contributed by atoms with Gasteiger partial charge in [-0.25, -0.2) is 4.98 Å². The van der Waals surface area contributed by atoms with Crippen molar-refractivity contribution in [1.29, 1.82) is 0 Å². The highest BCUT2D eigenvalue weighted by molar-refractivity contribution is 5.81. The number of aromatic nitrogens is 2. The molecule has 1 atom stereocenters. The van der Waals surface area contributed by atoms with E-state index in [1.165, 1.54) is 11.5 Å². The van der Waals surface area contributed by atoms with E-state index < -0.39 is 6.10 Å². The van der Waals surface area contributed by atoms with Crippen molar-refractivity contribution >= 4 is 5.91 Å². The average molecular weight is 370 g/mol. The zero-order valence-corrected chi connectivity index (χ0v) is 16.7.